The van der Waals surface area contributed by atoms with E-state index < -0.39 is 17.4 Å². The van der Waals surface area contributed by atoms with Crippen LogP contribution in [0.3, 0.4) is 0 Å². The van der Waals surface area contributed by atoms with E-state index >= 15 is 0 Å². The summed E-state index contributed by atoms with van der Waals surface area (Å²) in [5, 5.41) is 9.69. The number of ether oxygens (including phenoxy) is 1. The van der Waals surface area contributed by atoms with E-state index in [4.69, 9.17) is 4.74 Å². The van der Waals surface area contributed by atoms with Crippen LogP contribution >= 0.6 is 15.9 Å². The topological polar surface area (TPSA) is 46.5 Å². The zero-order valence-corrected chi connectivity index (χ0v) is 13.0. The third kappa shape index (κ3) is 3.51. The Hall–Kier alpha value is -2.21. The van der Waals surface area contributed by atoms with E-state index in [2.05, 4.69) is 15.9 Å². The highest BCUT2D eigenvalue weighted by atomic mass is 79.9. The molecule has 0 aromatic heterocycles. The van der Waals surface area contributed by atoms with Crippen LogP contribution in [-0.4, -0.2) is 18.0 Å². The van der Waals surface area contributed by atoms with Gasteiger partial charge in [0.1, 0.15) is 0 Å². The number of phenolic OH excluding ortho intramolecular Hbond substituents is 1. The normalized spacial score (nSPS) is 10.9. The molecule has 0 aliphatic carbocycles. The maximum absolute atomic E-state index is 13.1. The van der Waals surface area contributed by atoms with Crippen LogP contribution in [0.15, 0.2) is 40.9 Å². The Kier molecular flexibility index (Phi) is 4.92. The van der Waals surface area contributed by atoms with Gasteiger partial charge in [0, 0.05) is 5.56 Å². The number of hydrogen-bond acceptors (Lipinski definition) is 3. The molecule has 0 amide bonds. The van der Waals surface area contributed by atoms with Gasteiger partial charge in [-0.1, -0.05) is 6.08 Å². The fourth-order valence-electron chi connectivity index (χ4n) is 1.76. The zero-order valence-electron chi connectivity index (χ0n) is 11.4. The number of carbonyl (C=O) groups is 1. The first kappa shape index (κ1) is 16.2. The average molecular weight is 369 g/mol. The van der Waals surface area contributed by atoms with Gasteiger partial charge < -0.3 is 9.84 Å². The molecular formula is C16H11BrF2O3. The van der Waals surface area contributed by atoms with E-state index in [-0.39, 0.29) is 17.1 Å². The molecule has 2 rings (SSSR count). The van der Waals surface area contributed by atoms with E-state index in [1.807, 2.05) is 0 Å². The molecule has 3 nitrogen and oxygen atoms in total. The molecule has 22 heavy (non-hydrogen) atoms. The van der Waals surface area contributed by atoms with Gasteiger partial charge in [-0.05, 0) is 57.9 Å². The maximum atomic E-state index is 13.1. The minimum atomic E-state index is -1.08. The number of methoxy groups -OCH3 is 1. The Morgan fingerprint density at radius 3 is 2.59 bits per heavy atom. The SMILES string of the molecule is COc1cc(C=CC(=O)c2ccc(F)c(F)c2)cc(Br)c1O. The summed E-state index contributed by atoms with van der Waals surface area (Å²) in [6.07, 6.45) is 2.71. The highest BCUT2D eigenvalue weighted by molar-refractivity contribution is 9.10. The van der Waals surface area contributed by atoms with Gasteiger partial charge in [-0.2, -0.15) is 0 Å². The van der Waals surface area contributed by atoms with Gasteiger partial charge in [0.2, 0.25) is 0 Å². The van der Waals surface area contributed by atoms with Crippen molar-refractivity contribution in [2.24, 2.45) is 0 Å². The van der Waals surface area contributed by atoms with Gasteiger partial charge in [-0.15, -0.1) is 0 Å². The molecule has 6 heteroatoms. The molecule has 0 aliphatic heterocycles. The summed E-state index contributed by atoms with van der Waals surface area (Å²) in [6.45, 7) is 0. The first-order chi connectivity index (χ1) is 10.4. The molecule has 0 saturated carbocycles. The highest BCUT2D eigenvalue weighted by Crippen LogP contribution is 2.35. The van der Waals surface area contributed by atoms with Gasteiger partial charge in [-0.3, -0.25) is 4.79 Å². The molecule has 0 fully saturated rings. The molecule has 2 aromatic rings. The lowest BCUT2D eigenvalue weighted by Gasteiger charge is -2.06. The summed E-state index contributed by atoms with van der Waals surface area (Å²) in [4.78, 5) is 11.9. The van der Waals surface area contributed by atoms with E-state index in [1.165, 1.54) is 31.4 Å². The number of phenols is 1. The molecule has 0 aliphatic rings. The highest BCUT2D eigenvalue weighted by Gasteiger charge is 2.09. The Labute approximate surface area is 134 Å². The van der Waals surface area contributed by atoms with Gasteiger partial charge >= 0.3 is 0 Å². The fraction of sp³-hybridized carbons (Fsp3) is 0.0625. The van der Waals surface area contributed by atoms with Crippen molar-refractivity contribution < 1.29 is 23.4 Å². The monoisotopic (exact) mass is 368 g/mol. The second-order valence-electron chi connectivity index (χ2n) is 4.38. The van der Waals surface area contributed by atoms with E-state index in [9.17, 15) is 18.7 Å². The molecule has 0 heterocycles. The number of hydrogen-bond donors (Lipinski definition) is 1. The van der Waals surface area contributed by atoms with Crippen molar-refractivity contribution in [2.75, 3.05) is 7.11 Å². The van der Waals surface area contributed by atoms with Crippen molar-refractivity contribution >= 4 is 27.8 Å². The van der Waals surface area contributed by atoms with E-state index in [0.717, 1.165) is 12.1 Å². The quantitative estimate of drug-likeness (QED) is 0.644. The summed E-state index contributed by atoms with van der Waals surface area (Å²) in [6, 6.07) is 6.08. The number of aromatic hydroxyl groups is 1. The lowest BCUT2D eigenvalue weighted by molar-refractivity contribution is 0.104. The summed E-state index contributed by atoms with van der Waals surface area (Å²) in [5.41, 5.74) is 0.636. The van der Waals surface area contributed by atoms with Crippen molar-refractivity contribution in [3.63, 3.8) is 0 Å². The van der Waals surface area contributed by atoms with Crippen molar-refractivity contribution in [1.29, 1.82) is 0 Å². The number of ketones is 1. The predicted octanol–water partition coefficient (Wildman–Crippen LogP) is 4.34. The third-order valence-corrected chi connectivity index (χ3v) is 3.51. The molecule has 2 aromatic carbocycles. The van der Waals surface area contributed by atoms with Crippen LogP contribution in [0, 0.1) is 11.6 Å². The van der Waals surface area contributed by atoms with Crippen LogP contribution in [0.1, 0.15) is 15.9 Å². The maximum Gasteiger partial charge on any atom is 0.185 e. The molecule has 0 unspecified atom stereocenters. The minimum Gasteiger partial charge on any atom is -0.503 e. The van der Waals surface area contributed by atoms with Gasteiger partial charge in [0.05, 0.1) is 11.6 Å². The van der Waals surface area contributed by atoms with Crippen LogP contribution in [0.2, 0.25) is 0 Å². The first-order valence-corrected chi connectivity index (χ1v) is 6.95. The Balaban J connectivity index is 2.26. The largest absolute Gasteiger partial charge is 0.503 e. The van der Waals surface area contributed by atoms with E-state index in [1.54, 1.807) is 6.07 Å². The number of carbonyl (C=O) groups excluding carboxylic acids is 1. The molecular weight excluding hydrogens is 358 g/mol. The lowest BCUT2D eigenvalue weighted by Crippen LogP contribution is -1.96. The van der Waals surface area contributed by atoms with Crippen LogP contribution in [0.25, 0.3) is 6.08 Å². The van der Waals surface area contributed by atoms with Crippen LogP contribution in [-0.2, 0) is 0 Å². The number of rotatable bonds is 4. The smallest absolute Gasteiger partial charge is 0.185 e. The molecule has 114 valence electrons. The van der Waals surface area contributed by atoms with Gasteiger partial charge in [0.25, 0.3) is 0 Å². The zero-order chi connectivity index (χ0) is 16.3. The van der Waals surface area contributed by atoms with E-state index in [0.29, 0.717) is 10.0 Å². The van der Waals surface area contributed by atoms with Crippen molar-refractivity contribution in [1.82, 2.24) is 0 Å². The lowest BCUT2D eigenvalue weighted by atomic mass is 10.1. The number of allylic oxidation sites excluding steroid dienone is 1. The minimum absolute atomic E-state index is 0.0416. The van der Waals surface area contributed by atoms with Crippen molar-refractivity contribution in [3.05, 3.63) is 63.6 Å². The van der Waals surface area contributed by atoms with Gasteiger partial charge in [0.15, 0.2) is 28.9 Å². The van der Waals surface area contributed by atoms with Crippen molar-refractivity contribution in [2.45, 2.75) is 0 Å². The molecule has 0 saturated heterocycles. The number of halogens is 3. The summed E-state index contributed by atoms with van der Waals surface area (Å²) in [7, 11) is 1.40. The summed E-state index contributed by atoms with van der Waals surface area (Å²) >= 11 is 3.17. The summed E-state index contributed by atoms with van der Waals surface area (Å²) < 4.78 is 31.3. The molecule has 1 N–H and O–H groups in total. The van der Waals surface area contributed by atoms with Crippen LogP contribution in [0.4, 0.5) is 8.78 Å². The Morgan fingerprint density at radius 2 is 1.95 bits per heavy atom. The standard InChI is InChI=1S/C16H11BrF2O3/c1-22-15-7-9(6-11(17)16(15)21)2-5-14(20)10-3-4-12(18)13(19)8-10/h2-8,21H,1H3. The van der Waals surface area contributed by atoms with Crippen molar-refractivity contribution in [3.8, 4) is 11.5 Å². The fourth-order valence-corrected chi connectivity index (χ4v) is 2.22. The van der Waals surface area contributed by atoms with Gasteiger partial charge in [-0.25, -0.2) is 8.78 Å². The Morgan fingerprint density at radius 1 is 1.23 bits per heavy atom. The summed E-state index contributed by atoms with van der Waals surface area (Å²) in [5.74, 6) is -2.36. The Bertz CT molecular complexity index is 757. The van der Waals surface area contributed by atoms with Crippen LogP contribution < -0.4 is 4.74 Å². The third-order valence-electron chi connectivity index (χ3n) is 2.90. The average Bonchev–Trinajstić information content (AvgIpc) is 2.50. The second-order valence-corrected chi connectivity index (χ2v) is 5.23. The van der Waals surface area contributed by atoms with Crippen LogP contribution in [0.5, 0.6) is 11.5 Å². The molecule has 0 spiro atoms. The number of benzene rings is 2. The second kappa shape index (κ2) is 6.70. The first-order valence-electron chi connectivity index (χ1n) is 6.16. The molecule has 0 radical (unpaired) electrons. The molecule has 0 atom stereocenters. The predicted molar refractivity (Wildman–Crippen MR) is 82.1 cm³/mol. The molecule has 0 bridgehead atoms.